The van der Waals surface area contributed by atoms with E-state index in [0.29, 0.717) is 12.0 Å². The second kappa shape index (κ2) is 4.36. The van der Waals surface area contributed by atoms with Crippen LogP contribution in [0.15, 0.2) is 10.5 Å². The minimum absolute atomic E-state index is 0.277. The van der Waals surface area contributed by atoms with Gasteiger partial charge in [0.1, 0.15) is 0 Å². The van der Waals surface area contributed by atoms with Crippen molar-refractivity contribution in [3.05, 3.63) is 11.6 Å². The van der Waals surface area contributed by atoms with Crippen LogP contribution in [0.4, 0.5) is 9.59 Å². The Morgan fingerprint density at radius 2 is 1.93 bits per heavy atom. The molecule has 1 rings (SSSR count). The molecule has 1 aromatic heterocycles. The number of rotatable bonds is 3. The first-order valence-electron chi connectivity index (χ1n) is 3.97. The highest BCUT2D eigenvalue weighted by Gasteiger charge is 2.16. The lowest BCUT2D eigenvalue weighted by Crippen LogP contribution is -2.03. The molecule has 0 amide bonds. The lowest BCUT2D eigenvalue weighted by Gasteiger charge is -1.95. The molecule has 0 aliphatic rings. The quantitative estimate of drug-likeness (QED) is 0.743. The third-order valence-corrected chi connectivity index (χ3v) is 1.50. The molecular weight excluding hydrogens is 208 g/mol. The van der Waals surface area contributed by atoms with Gasteiger partial charge in [-0.2, -0.15) is 0 Å². The number of furan rings is 1. The van der Waals surface area contributed by atoms with Crippen molar-refractivity contribution in [1.29, 1.82) is 0 Å². The Labute approximate surface area is 83.8 Å². The number of carboxylic acid groups (broad SMARTS) is 2. The second-order valence-electron chi connectivity index (χ2n) is 2.47. The van der Waals surface area contributed by atoms with Gasteiger partial charge in [0.25, 0.3) is 5.95 Å². The first kappa shape index (κ1) is 10.9. The molecule has 0 aromatic carbocycles. The van der Waals surface area contributed by atoms with Crippen LogP contribution in [0.2, 0.25) is 0 Å². The molecule has 0 fully saturated rings. The van der Waals surface area contributed by atoms with Gasteiger partial charge < -0.3 is 24.1 Å². The highest BCUT2D eigenvalue weighted by Crippen LogP contribution is 2.29. The number of hydrogen-bond acceptors (Lipinski definition) is 5. The van der Waals surface area contributed by atoms with Gasteiger partial charge in [-0.3, -0.25) is 0 Å². The maximum absolute atomic E-state index is 10.2. The first-order valence-corrected chi connectivity index (χ1v) is 3.97. The zero-order valence-electron chi connectivity index (χ0n) is 7.72. The average molecular weight is 216 g/mol. The smallest absolute Gasteiger partial charge is 0.449 e. The van der Waals surface area contributed by atoms with Gasteiger partial charge in [-0.1, -0.05) is 6.92 Å². The monoisotopic (exact) mass is 216 g/mol. The number of carbonyl (C=O) groups is 2. The molecule has 1 heterocycles. The summed E-state index contributed by atoms with van der Waals surface area (Å²) in [4.78, 5) is 20.4. The molecule has 0 unspecified atom stereocenters. The van der Waals surface area contributed by atoms with Gasteiger partial charge in [0.2, 0.25) is 0 Å². The van der Waals surface area contributed by atoms with Crippen molar-refractivity contribution >= 4 is 12.3 Å². The second-order valence-corrected chi connectivity index (χ2v) is 2.47. The lowest BCUT2D eigenvalue weighted by atomic mass is 10.2. The fourth-order valence-corrected chi connectivity index (χ4v) is 0.936. The summed E-state index contributed by atoms with van der Waals surface area (Å²) in [5.41, 5.74) is 0.411. The summed E-state index contributed by atoms with van der Waals surface area (Å²) in [5, 5.41) is 16.6. The number of hydrogen-bond donors (Lipinski definition) is 2. The molecule has 15 heavy (non-hydrogen) atoms. The summed E-state index contributed by atoms with van der Waals surface area (Å²) in [6.07, 6.45) is -2.66. The fraction of sp³-hybridized carbons (Fsp3) is 0.250. The first-order chi connectivity index (χ1) is 7.02. The Balaban J connectivity index is 2.89. The van der Waals surface area contributed by atoms with E-state index in [1.807, 2.05) is 0 Å². The van der Waals surface area contributed by atoms with E-state index < -0.39 is 12.3 Å². The number of aryl methyl sites for hydroxylation is 1. The molecule has 0 saturated heterocycles. The summed E-state index contributed by atoms with van der Waals surface area (Å²) >= 11 is 0. The third-order valence-electron chi connectivity index (χ3n) is 1.50. The molecule has 7 heteroatoms. The van der Waals surface area contributed by atoms with Crippen molar-refractivity contribution in [1.82, 2.24) is 0 Å². The van der Waals surface area contributed by atoms with Crippen LogP contribution in [0, 0.1) is 0 Å². The predicted octanol–water partition coefficient (Wildman–Crippen LogP) is 1.96. The summed E-state index contributed by atoms with van der Waals surface area (Å²) in [6.45, 7) is 1.73. The predicted molar refractivity (Wildman–Crippen MR) is 45.4 cm³/mol. The van der Waals surface area contributed by atoms with E-state index in [0.717, 1.165) is 0 Å². The zero-order chi connectivity index (χ0) is 11.4. The molecule has 2 N–H and O–H groups in total. The van der Waals surface area contributed by atoms with Crippen molar-refractivity contribution in [3.8, 4) is 11.9 Å². The van der Waals surface area contributed by atoms with Crippen molar-refractivity contribution in [2.45, 2.75) is 13.3 Å². The average Bonchev–Trinajstić information content (AvgIpc) is 2.45. The van der Waals surface area contributed by atoms with Gasteiger partial charge in [-0.25, -0.2) is 9.59 Å². The highest BCUT2D eigenvalue weighted by molar-refractivity contribution is 5.62. The maximum atomic E-state index is 10.2. The summed E-state index contributed by atoms with van der Waals surface area (Å²) < 4.78 is 13.2. The SMILES string of the molecule is CCc1cc(OC(=O)O)oc1OC(=O)O. The van der Waals surface area contributed by atoms with Gasteiger partial charge in [-0.15, -0.1) is 0 Å². The van der Waals surface area contributed by atoms with Gasteiger partial charge in [0, 0.05) is 11.6 Å². The van der Waals surface area contributed by atoms with Crippen LogP contribution in [0.25, 0.3) is 0 Å². The Kier molecular flexibility index (Phi) is 3.17. The number of ether oxygens (including phenoxy) is 2. The van der Waals surface area contributed by atoms with Crippen LogP contribution in [-0.2, 0) is 6.42 Å². The molecule has 82 valence electrons. The van der Waals surface area contributed by atoms with E-state index in [2.05, 4.69) is 9.47 Å². The fourth-order valence-electron chi connectivity index (χ4n) is 0.936. The van der Waals surface area contributed by atoms with Gasteiger partial charge >= 0.3 is 18.3 Å². The minimum atomic E-state index is -1.55. The van der Waals surface area contributed by atoms with Crippen LogP contribution in [0.5, 0.6) is 11.9 Å². The normalized spacial score (nSPS) is 9.67. The molecule has 0 spiro atoms. The molecule has 0 atom stereocenters. The minimum Gasteiger partial charge on any atom is -0.449 e. The van der Waals surface area contributed by atoms with E-state index in [-0.39, 0.29) is 11.9 Å². The van der Waals surface area contributed by atoms with E-state index in [1.54, 1.807) is 6.92 Å². The topological polar surface area (TPSA) is 106 Å². The van der Waals surface area contributed by atoms with E-state index in [9.17, 15) is 9.59 Å². The Morgan fingerprint density at radius 1 is 1.33 bits per heavy atom. The standard InChI is InChI=1S/C8H8O7/c1-2-4-3-5(14-7(9)10)13-6(4)15-8(11)12/h3H,2H2,1H3,(H,9,10)(H,11,12). The van der Waals surface area contributed by atoms with Crippen LogP contribution < -0.4 is 9.47 Å². The Morgan fingerprint density at radius 3 is 2.40 bits per heavy atom. The van der Waals surface area contributed by atoms with Gasteiger partial charge in [0.05, 0.1) is 0 Å². The van der Waals surface area contributed by atoms with Gasteiger partial charge in [0.15, 0.2) is 0 Å². The largest absolute Gasteiger partial charge is 0.513 e. The molecule has 0 saturated carbocycles. The van der Waals surface area contributed by atoms with Crippen LogP contribution in [-0.4, -0.2) is 22.5 Å². The molecular formula is C8H8O7. The third kappa shape index (κ3) is 2.90. The maximum Gasteiger partial charge on any atom is 0.513 e. The molecule has 0 aliphatic carbocycles. The van der Waals surface area contributed by atoms with E-state index >= 15 is 0 Å². The zero-order valence-corrected chi connectivity index (χ0v) is 7.72. The van der Waals surface area contributed by atoms with E-state index in [1.165, 1.54) is 6.07 Å². The van der Waals surface area contributed by atoms with Crippen LogP contribution in [0.1, 0.15) is 12.5 Å². The van der Waals surface area contributed by atoms with E-state index in [4.69, 9.17) is 14.6 Å². The summed E-state index contributed by atoms with van der Waals surface area (Å²) in [5.74, 6) is -0.600. The molecule has 1 aromatic rings. The summed E-state index contributed by atoms with van der Waals surface area (Å²) in [6, 6.07) is 1.26. The molecule has 0 aliphatic heterocycles. The van der Waals surface area contributed by atoms with Crippen molar-refractivity contribution in [3.63, 3.8) is 0 Å². The van der Waals surface area contributed by atoms with Gasteiger partial charge in [-0.05, 0) is 6.42 Å². The van der Waals surface area contributed by atoms with Crippen LogP contribution >= 0.6 is 0 Å². The molecule has 0 bridgehead atoms. The Hall–Kier alpha value is -2.18. The van der Waals surface area contributed by atoms with Crippen LogP contribution in [0.3, 0.4) is 0 Å². The van der Waals surface area contributed by atoms with Crippen molar-refractivity contribution < 1.29 is 33.7 Å². The molecule has 7 nitrogen and oxygen atoms in total. The molecule has 0 radical (unpaired) electrons. The lowest BCUT2D eigenvalue weighted by molar-refractivity contribution is 0.119. The Bertz CT molecular complexity index is 378. The van der Waals surface area contributed by atoms with Crippen molar-refractivity contribution in [2.24, 2.45) is 0 Å². The van der Waals surface area contributed by atoms with Crippen molar-refractivity contribution in [2.75, 3.05) is 0 Å². The highest BCUT2D eigenvalue weighted by atomic mass is 16.7. The summed E-state index contributed by atoms with van der Waals surface area (Å²) in [7, 11) is 0.